The van der Waals surface area contributed by atoms with Crippen LogP contribution in [0.25, 0.3) is 0 Å². The lowest BCUT2D eigenvalue weighted by atomic mass is 10.1. The molecule has 0 aliphatic carbocycles. The maximum absolute atomic E-state index is 12.5. The fourth-order valence-electron chi connectivity index (χ4n) is 2.91. The number of carbonyl (C=O) groups is 1. The van der Waals surface area contributed by atoms with Gasteiger partial charge in [0.15, 0.2) is 0 Å². The van der Waals surface area contributed by atoms with E-state index in [4.69, 9.17) is 0 Å². The minimum atomic E-state index is -0.0674. The molecule has 1 fully saturated rings. The molecule has 1 aromatic heterocycles. The topological polar surface area (TPSA) is 45.2 Å². The molecule has 22 heavy (non-hydrogen) atoms. The van der Waals surface area contributed by atoms with Crippen molar-refractivity contribution in [2.45, 2.75) is 25.4 Å². The van der Waals surface area contributed by atoms with Crippen LogP contribution in [0, 0.1) is 0 Å². The number of rotatable bonds is 4. The van der Waals surface area contributed by atoms with Gasteiger partial charge in [0.25, 0.3) is 5.91 Å². The zero-order valence-corrected chi connectivity index (χ0v) is 12.6. The van der Waals surface area contributed by atoms with Gasteiger partial charge >= 0.3 is 0 Å². The lowest BCUT2D eigenvalue weighted by Crippen LogP contribution is -2.43. The summed E-state index contributed by atoms with van der Waals surface area (Å²) in [4.78, 5) is 18.8. The molecule has 1 atom stereocenters. The van der Waals surface area contributed by atoms with Crippen molar-refractivity contribution < 1.29 is 4.79 Å². The Kier molecular flexibility index (Phi) is 4.81. The van der Waals surface area contributed by atoms with E-state index in [1.165, 1.54) is 19.3 Å². The molecule has 1 aromatic carbocycles. The monoisotopic (exact) mass is 295 g/mol. The summed E-state index contributed by atoms with van der Waals surface area (Å²) >= 11 is 0. The van der Waals surface area contributed by atoms with Crippen molar-refractivity contribution in [3.8, 4) is 0 Å². The predicted octanol–water partition coefficient (Wildman–Crippen LogP) is 3.00. The van der Waals surface area contributed by atoms with Gasteiger partial charge in [-0.1, -0.05) is 36.8 Å². The first kappa shape index (κ1) is 14.7. The van der Waals surface area contributed by atoms with Crippen LogP contribution in [0.1, 0.15) is 41.3 Å². The summed E-state index contributed by atoms with van der Waals surface area (Å²) in [6.07, 6.45) is 6.88. The van der Waals surface area contributed by atoms with E-state index in [0.717, 1.165) is 18.7 Å². The summed E-state index contributed by atoms with van der Waals surface area (Å²) < 4.78 is 0. The summed E-state index contributed by atoms with van der Waals surface area (Å²) in [5.41, 5.74) is 1.78. The van der Waals surface area contributed by atoms with Crippen molar-refractivity contribution in [3.63, 3.8) is 0 Å². The van der Waals surface area contributed by atoms with Crippen molar-refractivity contribution >= 4 is 5.91 Å². The minimum absolute atomic E-state index is 0.0539. The van der Waals surface area contributed by atoms with Crippen molar-refractivity contribution in [3.05, 3.63) is 66.0 Å². The average Bonchev–Trinajstić information content (AvgIpc) is 2.62. The molecule has 114 valence electrons. The molecule has 1 N–H and O–H groups in total. The summed E-state index contributed by atoms with van der Waals surface area (Å²) in [7, 11) is 0. The highest BCUT2D eigenvalue weighted by Gasteiger charge is 2.24. The fraction of sp³-hybridized carbons (Fsp3) is 0.333. The molecular formula is C18H21N3O. The predicted molar refractivity (Wildman–Crippen MR) is 86.3 cm³/mol. The lowest BCUT2D eigenvalue weighted by Gasteiger charge is -2.35. The molecule has 0 radical (unpaired) electrons. The zero-order valence-electron chi connectivity index (χ0n) is 12.6. The van der Waals surface area contributed by atoms with Crippen molar-refractivity contribution in [1.82, 2.24) is 15.2 Å². The Morgan fingerprint density at radius 3 is 2.36 bits per heavy atom. The number of pyridine rings is 1. The molecule has 1 aliphatic heterocycles. The molecule has 1 saturated heterocycles. The molecule has 1 unspecified atom stereocenters. The van der Waals surface area contributed by atoms with E-state index in [1.54, 1.807) is 24.5 Å². The smallest absolute Gasteiger partial charge is 0.252 e. The standard InChI is InChI=1S/C18H21N3O/c22-18(16-9-11-19-12-10-16)20-17(15-7-3-1-4-8-15)21-13-5-2-6-14-21/h1,3-4,7-12,17H,2,5-6,13-14H2,(H,20,22). The Labute approximate surface area is 131 Å². The maximum Gasteiger partial charge on any atom is 0.252 e. The van der Waals surface area contributed by atoms with Gasteiger partial charge in [-0.3, -0.25) is 14.7 Å². The Morgan fingerprint density at radius 2 is 1.68 bits per heavy atom. The van der Waals surface area contributed by atoms with E-state index in [1.807, 2.05) is 18.2 Å². The molecule has 0 spiro atoms. The Bertz CT molecular complexity index is 594. The number of benzene rings is 1. The van der Waals surface area contributed by atoms with Gasteiger partial charge in [0.05, 0.1) is 0 Å². The third-order valence-electron chi connectivity index (χ3n) is 4.08. The van der Waals surface area contributed by atoms with E-state index < -0.39 is 0 Å². The summed E-state index contributed by atoms with van der Waals surface area (Å²) in [6, 6.07) is 13.7. The number of hydrogen-bond acceptors (Lipinski definition) is 3. The Morgan fingerprint density at radius 1 is 1.00 bits per heavy atom. The number of nitrogens with one attached hydrogen (secondary N) is 1. The van der Waals surface area contributed by atoms with Crippen molar-refractivity contribution in [1.29, 1.82) is 0 Å². The first-order valence-electron chi connectivity index (χ1n) is 7.84. The molecule has 2 heterocycles. The molecule has 4 heteroatoms. The molecular weight excluding hydrogens is 274 g/mol. The highest BCUT2D eigenvalue weighted by Crippen LogP contribution is 2.22. The van der Waals surface area contributed by atoms with Crippen LogP contribution < -0.4 is 5.32 Å². The molecule has 0 saturated carbocycles. The molecule has 1 amide bonds. The van der Waals surface area contributed by atoms with E-state index in [0.29, 0.717) is 5.56 Å². The van der Waals surface area contributed by atoms with Gasteiger partial charge in [0.1, 0.15) is 6.17 Å². The fourth-order valence-corrected chi connectivity index (χ4v) is 2.91. The first-order valence-corrected chi connectivity index (χ1v) is 7.84. The SMILES string of the molecule is O=C(NC(c1ccccc1)N1CCCCC1)c1ccncc1. The highest BCUT2D eigenvalue weighted by molar-refractivity contribution is 5.94. The van der Waals surface area contributed by atoms with E-state index >= 15 is 0 Å². The van der Waals surface area contributed by atoms with Gasteiger partial charge in [0.2, 0.25) is 0 Å². The second-order valence-electron chi connectivity index (χ2n) is 5.62. The summed E-state index contributed by atoms with van der Waals surface area (Å²) in [5, 5.41) is 3.18. The minimum Gasteiger partial charge on any atom is -0.332 e. The molecule has 2 aromatic rings. The highest BCUT2D eigenvalue weighted by atomic mass is 16.1. The van der Waals surface area contributed by atoms with Crippen LogP contribution in [0.3, 0.4) is 0 Å². The van der Waals surface area contributed by atoms with Gasteiger partial charge < -0.3 is 5.32 Å². The maximum atomic E-state index is 12.5. The molecule has 3 rings (SSSR count). The van der Waals surface area contributed by atoms with Gasteiger partial charge in [-0.2, -0.15) is 0 Å². The number of nitrogens with zero attached hydrogens (tertiary/aromatic N) is 2. The second-order valence-corrected chi connectivity index (χ2v) is 5.62. The normalized spacial score (nSPS) is 16.9. The van der Waals surface area contributed by atoms with Crippen molar-refractivity contribution in [2.24, 2.45) is 0 Å². The Hall–Kier alpha value is -2.20. The first-order chi connectivity index (χ1) is 10.8. The zero-order chi connectivity index (χ0) is 15.2. The quantitative estimate of drug-likeness (QED) is 0.943. The van der Waals surface area contributed by atoms with Gasteiger partial charge in [0, 0.05) is 31.0 Å². The van der Waals surface area contributed by atoms with Crippen LogP contribution in [0.2, 0.25) is 0 Å². The number of piperidine rings is 1. The number of carbonyl (C=O) groups excluding carboxylic acids is 1. The van der Waals surface area contributed by atoms with Crippen molar-refractivity contribution in [2.75, 3.05) is 13.1 Å². The molecule has 4 nitrogen and oxygen atoms in total. The Balaban J connectivity index is 1.81. The number of amides is 1. The van der Waals surface area contributed by atoms with Crippen LogP contribution in [0.5, 0.6) is 0 Å². The van der Waals surface area contributed by atoms with E-state index in [2.05, 4.69) is 27.3 Å². The van der Waals surface area contributed by atoms with Gasteiger partial charge in [-0.25, -0.2) is 0 Å². The third kappa shape index (κ3) is 3.52. The van der Waals surface area contributed by atoms with Gasteiger partial charge in [-0.05, 0) is 30.5 Å². The number of aromatic nitrogens is 1. The largest absolute Gasteiger partial charge is 0.332 e. The van der Waals surface area contributed by atoms with Crippen LogP contribution in [0.15, 0.2) is 54.9 Å². The van der Waals surface area contributed by atoms with Crippen LogP contribution in [0.4, 0.5) is 0 Å². The van der Waals surface area contributed by atoms with E-state index in [9.17, 15) is 4.79 Å². The van der Waals surface area contributed by atoms with Crippen LogP contribution >= 0.6 is 0 Å². The lowest BCUT2D eigenvalue weighted by molar-refractivity contribution is 0.0813. The molecule has 0 bridgehead atoms. The van der Waals surface area contributed by atoms with E-state index in [-0.39, 0.29) is 12.1 Å². The number of hydrogen-bond donors (Lipinski definition) is 1. The van der Waals surface area contributed by atoms with Crippen LogP contribution in [-0.4, -0.2) is 28.9 Å². The molecule has 1 aliphatic rings. The third-order valence-corrected chi connectivity index (χ3v) is 4.08. The van der Waals surface area contributed by atoms with Gasteiger partial charge in [-0.15, -0.1) is 0 Å². The second kappa shape index (κ2) is 7.18. The average molecular weight is 295 g/mol. The number of likely N-dealkylation sites (tertiary alicyclic amines) is 1. The summed E-state index contributed by atoms with van der Waals surface area (Å²) in [6.45, 7) is 2.05. The summed E-state index contributed by atoms with van der Waals surface area (Å²) in [5.74, 6) is -0.0539. The van der Waals surface area contributed by atoms with Crippen LogP contribution in [-0.2, 0) is 0 Å².